The zero-order valence-corrected chi connectivity index (χ0v) is 11.8. The van der Waals surface area contributed by atoms with Crippen LogP contribution in [0.15, 0.2) is 18.2 Å². The molecule has 2 rings (SSSR count). The minimum atomic E-state index is -1.05. The number of carbonyl (C=O) groups excluding carboxylic acids is 1. The molecule has 1 unspecified atom stereocenters. The average Bonchev–Trinajstić information content (AvgIpc) is 2.91. The van der Waals surface area contributed by atoms with E-state index in [1.165, 1.54) is 25.3 Å². The molecule has 0 aliphatic carbocycles. The van der Waals surface area contributed by atoms with Crippen LogP contribution in [0.3, 0.4) is 0 Å². The fraction of sp³-hybridized carbons (Fsp3) is 0.385. The molecule has 0 saturated carbocycles. The lowest BCUT2D eigenvalue weighted by molar-refractivity contribution is 0.0697. The van der Waals surface area contributed by atoms with E-state index in [0.717, 1.165) is 17.9 Å². The molecule has 1 saturated heterocycles. The fourth-order valence-corrected chi connectivity index (χ4v) is 3.08. The third-order valence-electron chi connectivity index (χ3n) is 2.96. The Morgan fingerprint density at radius 2 is 2.25 bits per heavy atom. The molecule has 6 nitrogen and oxygen atoms in total. The largest absolute Gasteiger partial charge is 0.495 e. The molecule has 108 valence electrons. The SMILES string of the molecule is COc1ccc(C(=O)O)cc1NC(=O)NC1CCSC1. The van der Waals surface area contributed by atoms with Crippen LogP contribution in [0.25, 0.3) is 0 Å². The van der Waals surface area contributed by atoms with Crippen molar-refractivity contribution in [1.29, 1.82) is 0 Å². The van der Waals surface area contributed by atoms with Gasteiger partial charge in [-0.1, -0.05) is 0 Å². The molecule has 0 spiro atoms. The number of thioether (sulfide) groups is 1. The summed E-state index contributed by atoms with van der Waals surface area (Å²) in [5, 5.41) is 14.5. The summed E-state index contributed by atoms with van der Waals surface area (Å²) in [7, 11) is 1.46. The van der Waals surface area contributed by atoms with Crippen molar-refractivity contribution < 1.29 is 19.4 Å². The van der Waals surface area contributed by atoms with Gasteiger partial charge >= 0.3 is 12.0 Å². The van der Waals surface area contributed by atoms with E-state index < -0.39 is 5.97 Å². The molecule has 1 atom stereocenters. The molecule has 1 aliphatic rings. The lowest BCUT2D eigenvalue weighted by Crippen LogP contribution is -2.37. The summed E-state index contributed by atoms with van der Waals surface area (Å²) < 4.78 is 5.11. The van der Waals surface area contributed by atoms with Crippen LogP contribution in [-0.2, 0) is 0 Å². The van der Waals surface area contributed by atoms with Crippen LogP contribution in [0.4, 0.5) is 10.5 Å². The second-order valence-corrected chi connectivity index (χ2v) is 5.53. The maximum Gasteiger partial charge on any atom is 0.335 e. The minimum Gasteiger partial charge on any atom is -0.495 e. The number of hydrogen-bond acceptors (Lipinski definition) is 4. The second-order valence-electron chi connectivity index (χ2n) is 4.38. The van der Waals surface area contributed by atoms with Gasteiger partial charge in [-0.05, 0) is 30.4 Å². The fourth-order valence-electron chi connectivity index (χ4n) is 1.93. The van der Waals surface area contributed by atoms with Crippen molar-refractivity contribution in [3.8, 4) is 5.75 Å². The van der Waals surface area contributed by atoms with Crippen LogP contribution in [0.5, 0.6) is 5.75 Å². The first-order valence-electron chi connectivity index (χ1n) is 6.16. The quantitative estimate of drug-likeness (QED) is 0.791. The van der Waals surface area contributed by atoms with Crippen LogP contribution in [-0.4, -0.2) is 41.8 Å². The summed E-state index contributed by atoms with van der Waals surface area (Å²) in [6.45, 7) is 0. The minimum absolute atomic E-state index is 0.0949. The zero-order chi connectivity index (χ0) is 14.5. The Balaban J connectivity index is 2.07. The average molecular weight is 296 g/mol. The number of urea groups is 1. The molecule has 1 aromatic carbocycles. The lowest BCUT2D eigenvalue weighted by atomic mass is 10.2. The van der Waals surface area contributed by atoms with E-state index in [0.29, 0.717) is 11.4 Å². The van der Waals surface area contributed by atoms with Crippen LogP contribution < -0.4 is 15.4 Å². The first kappa shape index (κ1) is 14.5. The van der Waals surface area contributed by atoms with Gasteiger partial charge < -0.3 is 20.5 Å². The Hall–Kier alpha value is -1.89. The van der Waals surface area contributed by atoms with E-state index in [1.54, 1.807) is 11.8 Å². The number of nitrogens with one attached hydrogen (secondary N) is 2. The molecule has 0 radical (unpaired) electrons. The molecule has 3 N–H and O–H groups in total. The van der Waals surface area contributed by atoms with Crippen molar-refractivity contribution in [2.75, 3.05) is 23.9 Å². The van der Waals surface area contributed by atoms with E-state index in [9.17, 15) is 9.59 Å². The van der Waals surface area contributed by atoms with Crippen molar-refractivity contribution in [2.24, 2.45) is 0 Å². The van der Waals surface area contributed by atoms with E-state index >= 15 is 0 Å². The summed E-state index contributed by atoms with van der Waals surface area (Å²) in [4.78, 5) is 22.8. The number of ether oxygens (including phenoxy) is 1. The number of anilines is 1. The molecule has 7 heteroatoms. The molecular weight excluding hydrogens is 280 g/mol. The highest BCUT2D eigenvalue weighted by molar-refractivity contribution is 7.99. The Bertz CT molecular complexity index is 515. The van der Waals surface area contributed by atoms with Gasteiger partial charge in [0, 0.05) is 11.8 Å². The zero-order valence-electron chi connectivity index (χ0n) is 11.0. The van der Waals surface area contributed by atoms with Gasteiger partial charge in [-0.15, -0.1) is 0 Å². The number of benzene rings is 1. The highest BCUT2D eigenvalue weighted by Gasteiger charge is 2.18. The van der Waals surface area contributed by atoms with Gasteiger partial charge in [0.1, 0.15) is 5.75 Å². The highest BCUT2D eigenvalue weighted by atomic mass is 32.2. The van der Waals surface area contributed by atoms with Gasteiger partial charge in [-0.25, -0.2) is 9.59 Å². The molecule has 1 fully saturated rings. The van der Waals surface area contributed by atoms with Crippen LogP contribution in [0, 0.1) is 0 Å². The maximum absolute atomic E-state index is 11.9. The van der Waals surface area contributed by atoms with Gasteiger partial charge in [-0.3, -0.25) is 0 Å². The maximum atomic E-state index is 11.9. The highest BCUT2D eigenvalue weighted by Crippen LogP contribution is 2.25. The predicted molar refractivity (Wildman–Crippen MR) is 77.8 cm³/mol. The molecule has 20 heavy (non-hydrogen) atoms. The summed E-state index contributed by atoms with van der Waals surface area (Å²) in [6.07, 6.45) is 0.949. The molecule has 1 aliphatic heterocycles. The third-order valence-corrected chi connectivity index (χ3v) is 4.12. The molecule has 0 aromatic heterocycles. The summed E-state index contributed by atoms with van der Waals surface area (Å²) >= 11 is 1.80. The summed E-state index contributed by atoms with van der Waals surface area (Å²) in [5.74, 6) is 1.32. The molecule has 1 aromatic rings. The number of carboxylic acid groups (broad SMARTS) is 1. The van der Waals surface area contributed by atoms with Crippen LogP contribution >= 0.6 is 11.8 Å². The van der Waals surface area contributed by atoms with Crippen molar-refractivity contribution in [2.45, 2.75) is 12.5 Å². The van der Waals surface area contributed by atoms with Gasteiger partial charge in [0.2, 0.25) is 0 Å². The van der Waals surface area contributed by atoms with Crippen molar-refractivity contribution >= 4 is 29.4 Å². The molecule has 0 bridgehead atoms. The summed E-state index contributed by atoms with van der Waals surface area (Å²) in [5.41, 5.74) is 0.438. The third kappa shape index (κ3) is 3.57. The topological polar surface area (TPSA) is 87.7 Å². The van der Waals surface area contributed by atoms with Crippen molar-refractivity contribution in [3.63, 3.8) is 0 Å². The van der Waals surface area contributed by atoms with Crippen molar-refractivity contribution in [3.05, 3.63) is 23.8 Å². The number of rotatable bonds is 4. The van der Waals surface area contributed by atoms with Crippen LogP contribution in [0.1, 0.15) is 16.8 Å². The van der Waals surface area contributed by atoms with E-state index in [-0.39, 0.29) is 17.6 Å². The van der Waals surface area contributed by atoms with Gasteiger partial charge in [0.25, 0.3) is 0 Å². The smallest absolute Gasteiger partial charge is 0.335 e. The van der Waals surface area contributed by atoms with E-state index in [2.05, 4.69) is 10.6 Å². The summed E-state index contributed by atoms with van der Waals surface area (Å²) in [6, 6.07) is 4.14. The van der Waals surface area contributed by atoms with E-state index in [4.69, 9.17) is 9.84 Å². The van der Waals surface area contributed by atoms with Crippen molar-refractivity contribution in [1.82, 2.24) is 5.32 Å². The van der Waals surface area contributed by atoms with Gasteiger partial charge in [-0.2, -0.15) is 11.8 Å². The number of methoxy groups -OCH3 is 1. The first-order chi connectivity index (χ1) is 9.60. The predicted octanol–water partition coefficient (Wildman–Crippen LogP) is 2.02. The normalized spacial score (nSPS) is 17.6. The number of amides is 2. The number of aromatic carboxylic acids is 1. The molecule has 2 amide bonds. The van der Waals surface area contributed by atoms with Gasteiger partial charge in [0.15, 0.2) is 0 Å². The Morgan fingerprint density at radius 3 is 2.85 bits per heavy atom. The number of carboxylic acids is 1. The second kappa shape index (κ2) is 6.51. The first-order valence-corrected chi connectivity index (χ1v) is 7.32. The Morgan fingerprint density at radius 1 is 1.45 bits per heavy atom. The molecular formula is C13H16N2O4S. The Labute approximate surface area is 120 Å². The monoisotopic (exact) mass is 296 g/mol. The Kier molecular flexibility index (Phi) is 4.73. The van der Waals surface area contributed by atoms with E-state index in [1.807, 2.05) is 0 Å². The number of hydrogen-bond donors (Lipinski definition) is 3. The number of carbonyl (C=O) groups is 2. The standard InChI is InChI=1S/C13H16N2O4S/c1-19-11-3-2-8(12(16)17)6-10(11)15-13(18)14-9-4-5-20-7-9/h2-3,6,9H,4-5,7H2,1H3,(H,16,17)(H2,14,15,18). The van der Waals surface area contributed by atoms with Gasteiger partial charge in [0.05, 0.1) is 18.4 Å². The van der Waals surface area contributed by atoms with Crippen LogP contribution in [0.2, 0.25) is 0 Å². The molecule has 1 heterocycles. The lowest BCUT2D eigenvalue weighted by Gasteiger charge is -2.14.